The number of thioether (sulfide) groups is 1. The smallest absolute Gasteiger partial charge is 0.260 e. The average molecular weight is 394 g/mol. The lowest BCUT2D eigenvalue weighted by molar-refractivity contribution is -0.124. The van der Waals surface area contributed by atoms with Crippen LogP contribution in [0.3, 0.4) is 0 Å². The Morgan fingerprint density at radius 3 is 2.78 bits per heavy atom. The second kappa shape index (κ2) is 8.39. The first kappa shape index (κ1) is 19.8. The molecule has 0 spiro atoms. The van der Waals surface area contributed by atoms with E-state index >= 15 is 0 Å². The molecule has 2 heterocycles. The van der Waals surface area contributed by atoms with Gasteiger partial charge >= 0.3 is 0 Å². The van der Waals surface area contributed by atoms with Gasteiger partial charge in [0.1, 0.15) is 11.4 Å². The predicted molar refractivity (Wildman–Crippen MR) is 103 cm³/mol. The van der Waals surface area contributed by atoms with Crippen molar-refractivity contribution in [2.24, 2.45) is 0 Å². The molecule has 2 unspecified atom stereocenters. The predicted octanol–water partition coefficient (Wildman–Crippen LogP) is 2.20. The highest BCUT2D eigenvalue weighted by molar-refractivity contribution is 7.99. The normalized spacial score (nSPS) is 20.6. The zero-order valence-corrected chi connectivity index (χ0v) is 16.9. The summed E-state index contributed by atoms with van der Waals surface area (Å²) in [6.45, 7) is 5.09. The van der Waals surface area contributed by atoms with Gasteiger partial charge in [0, 0.05) is 24.5 Å². The molecule has 1 N–H and O–H groups in total. The van der Waals surface area contributed by atoms with E-state index in [1.165, 1.54) is 7.11 Å². The lowest BCUT2D eigenvalue weighted by Crippen LogP contribution is -2.46. The molecule has 2 amide bonds. The van der Waals surface area contributed by atoms with Gasteiger partial charge in [-0.1, -0.05) is 6.07 Å². The first-order chi connectivity index (χ1) is 13.0. The Hall–Kier alpha value is -1.93. The molecule has 8 heteroatoms. The molecule has 1 fully saturated rings. The molecule has 27 heavy (non-hydrogen) atoms. The fraction of sp³-hybridized carbons (Fsp3) is 0.579. The maximum atomic E-state index is 13.1. The van der Waals surface area contributed by atoms with Crippen LogP contribution in [0.2, 0.25) is 0 Å². The van der Waals surface area contributed by atoms with Crippen LogP contribution in [-0.4, -0.2) is 62.0 Å². The van der Waals surface area contributed by atoms with Gasteiger partial charge < -0.3 is 24.4 Å². The number of carbonyl (C=O) groups is 2. The molecule has 1 saturated heterocycles. The van der Waals surface area contributed by atoms with Crippen molar-refractivity contribution in [3.63, 3.8) is 0 Å². The van der Waals surface area contributed by atoms with Gasteiger partial charge in [-0.15, -0.1) is 11.8 Å². The summed E-state index contributed by atoms with van der Waals surface area (Å²) >= 11 is 1.60. The maximum absolute atomic E-state index is 13.1. The van der Waals surface area contributed by atoms with Gasteiger partial charge in [-0.25, -0.2) is 0 Å². The fourth-order valence-corrected chi connectivity index (χ4v) is 4.87. The third-order valence-electron chi connectivity index (χ3n) is 4.67. The summed E-state index contributed by atoms with van der Waals surface area (Å²) in [7, 11) is 3.06. The highest BCUT2D eigenvalue weighted by Crippen LogP contribution is 2.52. The Morgan fingerprint density at radius 2 is 2.11 bits per heavy atom. The molecule has 0 bridgehead atoms. The quantitative estimate of drug-likeness (QED) is 0.681. The van der Waals surface area contributed by atoms with Gasteiger partial charge in [-0.2, -0.15) is 0 Å². The van der Waals surface area contributed by atoms with Crippen LogP contribution in [0.4, 0.5) is 0 Å². The van der Waals surface area contributed by atoms with Crippen molar-refractivity contribution >= 4 is 23.6 Å². The van der Waals surface area contributed by atoms with Crippen molar-refractivity contribution in [1.29, 1.82) is 0 Å². The Morgan fingerprint density at radius 1 is 1.33 bits per heavy atom. The van der Waals surface area contributed by atoms with Crippen molar-refractivity contribution in [2.75, 3.05) is 33.1 Å². The van der Waals surface area contributed by atoms with E-state index in [2.05, 4.69) is 5.32 Å². The van der Waals surface area contributed by atoms with Gasteiger partial charge in [0.25, 0.3) is 5.91 Å². The number of benzene rings is 1. The molecule has 0 saturated carbocycles. The summed E-state index contributed by atoms with van der Waals surface area (Å²) in [6.07, 6.45) is 0.923. The Balaban J connectivity index is 1.69. The second-order valence-electron chi connectivity index (χ2n) is 6.74. The summed E-state index contributed by atoms with van der Waals surface area (Å²) in [4.78, 5) is 27.4. The van der Waals surface area contributed by atoms with Gasteiger partial charge in [0.15, 0.2) is 11.5 Å². The van der Waals surface area contributed by atoms with E-state index in [1.54, 1.807) is 29.8 Å². The highest BCUT2D eigenvalue weighted by Gasteiger charge is 2.50. The minimum absolute atomic E-state index is 0.123. The third kappa shape index (κ3) is 3.73. The van der Waals surface area contributed by atoms with E-state index in [1.807, 2.05) is 19.9 Å². The van der Waals surface area contributed by atoms with Gasteiger partial charge in [0.2, 0.25) is 5.91 Å². The van der Waals surface area contributed by atoms with Crippen LogP contribution < -0.4 is 14.8 Å². The van der Waals surface area contributed by atoms with Crippen molar-refractivity contribution in [1.82, 2.24) is 10.2 Å². The van der Waals surface area contributed by atoms with E-state index in [0.717, 1.165) is 12.0 Å². The topological polar surface area (TPSA) is 77.1 Å². The van der Waals surface area contributed by atoms with E-state index < -0.39 is 6.04 Å². The molecule has 1 aromatic rings. The minimum Gasteiger partial charge on any atom is -0.493 e. The van der Waals surface area contributed by atoms with E-state index in [-0.39, 0.29) is 23.3 Å². The molecule has 1 aromatic carbocycles. The molecule has 0 aliphatic carbocycles. The number of hydrogen-bond donors (Lipinski definition) is 1. The van der Waals surface area contributed by atoms with Crippen molar-refractivity contribution in [2.45, 2.75) is 37.8 Å². The average Bonchev–Trinajstić information content (AvgIpc) is 3.20. The van der Waals surface area contributed by atoms with Crippen LogP contribution in [-0.2, 0) is 9.53 Å². The fourth-order valence-electron chi connectivity index (χ4n) is 3.41. The molecule has 3 rings (SSSR count). The largest absolute Gasteiger partial charge is 0.493 e. The summed E-state index contributed by atoms with van der Waals surface area (Å²) in [5.74, 6) is 1.22. The van der Waals surface area contributed by atoms with Gasteiger partial charge in [0.05, 0.1) is 25.9 Å². The number of methoxy groups -OCH3 is 2. The number of hydrogen-bond acceptors (Lipinski definition) is 6. The minimum atomic E-state index is -0.485. The summed E-state index contributed by atoms with van der Waals surface area (Å²) in [5.41, 5.74) is 1.38. The van der Waals surface area contributed by atoms with Gasteiger partial charge in [-0.05, 0) is 26.3 Å². The number of carbonyl (C=O) groups excluding carboxylic acids is 2. The number of fused-ring (bicyclic) bond motifs is 3. The number of nitrogens with one attached hydrogen (secondary N) is 1. The zero-order valence-electron chi connectivity index (χ0n) is 16.1. The van der Waals surface area contributed by atoms with Crippen LogP contribution >= 0.6 is 11.8 Å². The molecule has 2 atom stereocenters. The van der Waals surface area contributed by atoms with Crippen molar-refractivity contribution < 1.29 is 23.8 Å². The molecule has 0 radical (unpaired) electrons. The highest BCUT2D eigenvalue weighted by atomic mass is 32.2. The van der Waals surface area contributed by atoms with Crippen LogP contribution in [0.15, 0.2) is 12.1 Å². The van der Waals surface area contributed by atoms with Crippen molar-refractivity contribution in [3.05, 3.63) is 23.3 Å². The Labute approximate surface area is 163 Å². The van der Waals surface area contributed by atoms with E-state index in [0.29, 0.717) is 36.0 Å². The standard InChI is InChI=1S/C19H26N2O5S/c1-11(2)26-9-5-8-20-17(22)13-10-27-19-12-6-7-14(24-3)16(25-4)15(12)18(23)21(13)19/h6-7,11,13,19H,5,8-10H2,1-4H3,(H,20,22). The zero-order chi connectivity index (χ0) is 19.6. The SMILES string of the molecule is COc1ccc2c(c1OC)C(=O)N1C(C(=O)NCCCOC(C)C)CSC21. The van der Waals surface area contributed by atoms with Crippen molar-refractivity contribution in [3.8, 4) is 11.5 Å². The number of ether oxygens (including phenoxy) is 3. The summed E-state index contributed by atoms with van der Waals surface area (Å²) < 4.78 is 16.2. The van der Waals surface area contributed by atoms with E-state index in [9.17, 15) is 9.59 Å². The molecule has 2 aliphatic heterocycles. The lowest BCUT2D eigenvalue weighted by Gasteiger charge is -2.22. The first-order valence-corrected chi connectivity index (χ1v) is 10.1. The molecule has 148 valence electrons. The maximum Gasteiger partial charge on any atom is 0.260 e. The van der Waals surface area contributed by atoms with Crippen LogP contribution in [0, 0.1) is 0 Å². The van der Waals surface area contributed by atoms with Crippen LogP contribution in [0.1, 0.15) is 41.6 Å². The van der Waals surface area contributed by atoms with Crippen LogP contribution in [0.5, 0.6) is 11.5 Å². The molecule has 2 aliphatic rings. The Kier molecular flexibility index (Phi) is 6.16. The van der Waals surface area contributed by atoms with Gasteiger partial charge in [-0.3, -0.25) is 9.59 Å². The first-order valence-electron chi connectivity index (χ1n) is 9.08. The summed E-state index contributed by atoms with van der Waals surface area (Å²) in [6, 6.07) is 3.20. The second-order valence-corrected chi connectivity index (χ2v) is 7.86. The number of amides is 2. The molecule has 0 aromatic heterocycles. The molecule has 7 nitrogen and oxygen atoms in total. The number of rotatable bonds is 8. The molecular formula is C19H26N2O5S. The monoisotopic (exact) mass is 394 g/mol. The summed E-state index contributed by atoms with van der Waals surface area (Å²) in [5, 5.41) is 2.77. The molecular weight excluding hydrogens is 368 g/mol. The number of nitrogens with zero attached hydrogens (tertiary/aromatic N) is 1. The Bertz CT molecular complexity index is 724. The third-order valence-corrected chi connectivity index (χ3v) is 5.97. The van der Waals surface area contributed by atoms with Crippen LogP contribution in [0.25, 0.3) is 0 Å². The van der Waals surface area contributed by atoms with E-state index in [4.69, 9.17) is 14.2 Å². The lowest BCUT2D eigenvalue weighted by atomic mass is 10.1.